The number of rotatable bonds is 4. The molecule has 0 aliphatic carbocycles. The van der Waals surface area contributed by atoms with E-state index < -0.39 is 10.0 Å². The quantitative estimate of drug-likeness (QED) is 0.742. The predicted molar refractivity (Wildman–Crippen MR) is 87.3 cm³/mol. The molecule has 2 aromatic carbocycles. The second-order valence-corrected chi connectivity index (χ2v) is 6.44. The van der Waals surface area contributed by atoms with Crippen LogP contribution in [0.3, 0.4) is 0 Å². The average molecular weight is 339 g/mol. The highest BCUT2D eigenvalue weighted by Gasteiger charge is 2.07. The highest BCUT2D eigenvalue weighted by Crippen LogP contribution is 2.12. The molecule has 8 heteroatoms. The zero-order valence-electron chi connectivity index (χ0n) is 11.4. The summed E-state index contributed by atoms with van der Waals surface area (Å²) in [7, 11) is -3.72. The molecule has 0 saturated heterocycles. The summed E-state index contributed by atoms with van der Waals surface area (Å²) in [5, 5.41) is 11.1. The molecule has 2 rings (SSSR count). The molecule has 0 spiro atoms. The summed E-state index contributed by atoms with van der Waals surface area (Å²) in [5.74, 6) is -0.310. The molecule has 0 aliphatic rings. The van der Waals surface area contributed by atoms with Crippen LogP contribution in [0.15, 0.2) is 53.4 Å². The molecule has 0 heterocycles. The van der Waals surface area contributed by atoms with Crippen molar-refractivity contribution >= 4 is 33.0 Å². The van der Waals surface area contributed by atoms with Gasteiger partial charge in [-0.3, -0.25) is 0 Å². The van der Waals surface area contributed by atoms with Crippen LogP contribution in [0.5, 0.6) is 0 Å². The highest BCUT2D eigenvalue weighted by molar-refractivity contribution is 7.89. The molecule has 4 N–H and O–H groups in total. The van der Waals surface area contributed by atoms with Gasteiger partial charge in [0, 0.05) is 17.8 Å². The second kappa shape index (κ2) is 6.82. The van der Waals surface area contributed by atoms with Gasteiger partial charge in [-0.1, -0.05) is 18.2 Å². The van der Waals surface area contributed by atoms with Gasteiger partial charge in [-0.25, -0.2) is 17.9 Å². The van der Waals surface area contributed by atoms with Crippen molar-refractivity contribution in [3.63, 3.8) is 0 Å². The summed E-state index contributed by atoms with van der Waals surface area (Å²) in [6.07, 6.45) is 0. The topological polar surface area (TPSA) is 84.2 Å². The van der Waals surface area contributed by atoms with Crippen molar-refractivity contribution in [1.82, 2.24) is 5.32 Å². The third-order valence-electron chi connectivity index (χ3n) is 2.84. The Kier molecular flexibility index (Phi) is 5.07. The summed E-state index contributed by atoms with van der Waals surface area (Å²) in [6, 6.07) is 12.2. The number of nitrogens with one attached hydrogen (secondary N) is 2. The fourth-order valence-electron chi connectivity index (χ4n) is 1.72. The Balaban J connectivity index is 1.94. The first-order valence-corrected chi connectivity index (χ1v) is 8.23. The summed E-state index contributed by atoms with van der Waals surface area (Å²) in [5.41, 5.74) is 1.09. The van der Waals surface area contributed by atoms with E-state index in [0.29, 0.717) is 16.4 Å². The third kappa shape index (κ3) is 4.48. The zero-order valence-corrected chi connectivity index (χ0v) is 13.0. The lowest BCUT2D eigenvalue weighted by Crippen LogP contribution is -2.28. The maximum atomic E-state index is 13.5. The van der Waals surface area contributed by atoms with E-state index in [1.165, 1.54) is 30.3 Å². The lowest BCUT2D eigenvalue weighted by Gasteiger charge is -2.11. The Bertz CT molecular complexity index is 777. The minimum Gasteiger partial charge on any atom is -0.358 e. The summed E-state index contributed by atoms with van der Waals surface area (Å²) in [6.45, 7) is 0.244. The van der Waals surface area contributed by atoms with Gasteiger partial charge in [0.2, 0.25) is 10.0 Å². The van der Waals surface area contributed by atoms with Crippen LogP contribution in [0.2, 0.25) is 0 Å². The molecule has 116 valence electrons. The van der Waals surface area contributed by atoms with Crippen molar-refractivity contribution < 1.29 is 12.8 Å². The van der Waals surface area contributed by atoms with Gasteiger partial charge in [0.25, 0.3) is 0 Å². The first kappa shape index (κ1) is 16.3. The van der Waals surface area contributed by atoms with Gasteiger partial charge < -0.3 is 10.6 Å². The standard InChI is InChI=1S/C14H14FN3O2S2/c15-13-4-2-1-3-10(13)9-17-14(21)18-11-5-7-12(8-6-11)22(16,19)20/h1-8H,9H2,(H2,16,19,20)(H2,17,18,21). The summed E-state index contributed by atoms with van der Waals surface area (Å²) >= 11 is 5.10. The van der Waals surface area contributed by atoms with Gasteiger partial charge in [0.05, 0.1) is 4.90 Å². The largest absolute Gasteiger partial charge is 0.358 e. The van der Waals surface area contributed by atoms with Crippen LogP contribution < -0.4 is 15.8 Å². The molecule has 0 unspecified atom stereocenters. The molecule has 0 aliphatic heterocycles. The van der Waals surface area contributed by atoms with E-state index in [2.05, 4.69) is 10.6 Å². The number of hydrogen-bond donors (Lipinski definition) is 3. The molecule has 0 bridgehead atoms. The van der Waals surface area contributed by atoms with Gasteiger partial charge in [-0.2, -0.15) is 0 Å². The van der Waals surface area contributed by atoms with Crippen molar-refractivity contribution in [3.05, 3.63) is 59.9 Å². The number of halogens is 1. The lowest BCUT2D eigenvalue weighted by atomic mass is 10.2. The van der Waals surface area contributed by atoms with Gasteiger partial charge in [0.1, 0.15) is 5.82 Å². The van der Waals surface area contributed by atoms with Crippen LogP contribution >= 0.6 is 12.2 Å². The molecular formula is C14H14FN3O2S2. The SMILES string of the molecule is NS(=O)(=O)c1ccc(NC(=S)NCc2ccccc2F)cc1. The van der Waals surface area contributed by atoms with E-state index in [0.717, 1.165) is 0 Å². The normalized spacial score (nSPS) is 11.0. The Morgan fingerprint density at radius 2 is 1.77 bits per heavy atom. The van der Waals surface area contributed by atoms with Crippen LogP contribution in [0.25, 0.3) is 0 Å². The Hall–Kier alpha value is -2.03. The average Bonchev–Trinajstić information content (AvgIpc) is 2.46. The maximum Gasteiger partial charge on any atom is 0.238 e. The number of thiocarbonyl (C=S) groups is 1. The van der Waals surface area contributed by atoms with E-state index in [4.69, 9.17) is 17.4 Å². The van der Waals surface area contributed by atoms with Crippen LogP contribution in [-0.4, -0.2) is 13.5 Å². The van der Waals surface area contributed by atoms with Gasteiger partial charge >= 0.3 is 0 Å². The molecular weight excluding hydrogens is 325 g/mol. The Morgan fingerprint density at radius 3 is 2.36 bits per heavy atom. The smallest absolute Gasteiger partial charge is 0.238 e. The second-order valence-electron chi connectivity index (χ2n) is 4.47. The number of primary sulfonamides is 1. The van der Waals surface area contributed by atoms with E-state index in [9.17, 15) is 12.8 Å². The monoisotopic (exact) mass is 339 g/mol. The Labute approximate surface area is 133 Å². The zero-order chi connectivity index (χ0) is 16.2. The molecule has 0 radical (unpaired) electrons. The fraction of sp³-hybridized carbons (Fsp3) is 0.0714. The maximum absolute atomic E-state index is 13.5. The van der Waals surface area contributed by atoms with E-state index in [1.54, 1.807) is 18.2 Å². The van der Waals surface area contributed by atoms with Crippen molar-refractivity contribution in [2.75, 3.05) is 5.32 Å². The number of nitrogens with two attached hydrogens (primary N) is 1. The summed E-state index contributed by atoms with van der Waals surface area (Å²) < 4.78 is 35.7. The van der Waals surface area contributed by atoms with Crippen LogP contribution in [0, 0.1) is 5.82 Å². The third-order valence-corrected chi connectivity index (χ3v) is 4.01. The van der Waals surface area contributed by atoms with Crippen molar-refractivity contribution in [2.24, 2.45) is 5.14 Å². The molecule has 5 nitrogen and oxygen atoms in total. The number of benzene rings is 2. The first-order chi connectivity index (χ1) is 10.4. The van der Waals surface area contributed by atoms with Crippen molar-refractivity contribution in [3.8, 4) is 0 Å². The van der Waals surface area contributed by atoms with E-state index >= 15 is 0 Å². The molecule has 0 amide bonds. The van der Waals surface area contributed by atoms with Crippen LogP contribution in [0.1, 0.15) is 5.56 Å². The van der Waals surface area contributed by atoms with Crippen LogP contribution in [-0.2, 0) is 16.6 Å². The van der Waals surface area contributed by atoms with Crippen LogP contribution in [0.4, 0.5) is 10.1 Å². The minimum absolute atomic E-state index is 0.0169. The number of hydrogen-bond acceptors (Lipinski definition) is 3. The van der Waals surface area contributed by atoms with Gasteiger partial charge in [-0.15, -0.1) is 0 Å². The molecule has 0 fully saturated rings. The Morgan fingerprint density at radius 1 is 1.14 bits per heavy atom. The van der Waals surface area contributed by atoms with E-state index in [-0.39, 0.29) is 17.3 Å². The van der Waals surface area contributed by atoms with Gasteiger partial charge in [-0.05, 0) is 42.5 Å². The number of sulfonamides is 1. The highest BCUT2D eigenvalue weighted by atomic mass is 32.2. The predicted octanol–water partition coefficient (Wildman–Crippen LogP) is 1.96. The first-order valence-electron chi connectivity index (χ1n) is 6.27. The van der Waals surface area contributed by atoms with Gasteiger partial charge in [0.15, 0.2) is 5.11 Å². The molecule has 2 aromatic rings. The number of anilines is 1. The fourth-order valence-corrected chi connectivity index (χ4v) is 2.43. The van der Waals surface area contributed by atoms with Crippen molar-refractivity contribution in [1.29, 1.82) is 0 Å². The molecule has 0 aromatic heterocycles. The van der Waals surface area contributed by atoms with E-state index in [1.807, 2.05) is 0 Å². The minimum atomic E-state index is -3.72. The molecule has 22 heavy (non-hydrogen) atoms. The molecule has 0 atom stereocenters. The lowest BCUT2D eigenvalue weighted by molar-refractivity contribution is 0.598. The summed E-state index contributed by atoms with van der Waals surface area (Å²) in [4.78, 5) is 0.0169. The molecule has 0 saturated carbocycles. The van der Waals surface area contributed by atoms with Crippen molar-refractivity contribution in [2.45, 2.75) is 11.4 Å².